The second kappa shape index (κ2) is 7.20. The first-order valence-corrected chi connectivity index (χ1v) is 10.0. The maximum atomic E-state index is 12.0. The topological polar surface area (TPSA) is 73.0 Å². The van der Waals surface area contributed by atoms with Gasteiger partial charge in [0.05, 0.1) is 11.5 Å². The molecule has 7 heteroatoms. The molecule has 1 unspecified atom stereocenters. The maximum absolute atomic E-state index is 12.0. The minimum atomic E-state index is -0.231. The molecular formula is C21H28N4O3. The van der Waals surface area contributed by atoms with Crippen LogP contribution in [-0.2, 0) is 14.4 Å². The summed E-state index contributed by atoms with van der Waals surface area (Å²) in [5.41, 5.74) is 2.28. The lowest BCUT2D eigenvalue weighted by atomic mass is 9.87. The molecule has 1 N–H and O–H groups in total. The van der Waals surface area contributed by atoms with E-state index in [1.807, 2.05) is 17.0 Å². The first-order chi connectivity index (χ1) is 13.4. The first kappa shape index (κ1) is 18.9. The number of hydrogen-bond donors (Lipinski definition) is 1. The van der Waals surface area contributed by atoms with Crippen molar-refractivity contribution in [2.75, 3.05) is 44.2 Å². The minimum absolute atomic E-state index is 0.144. The maximum Gasteiger partial charge on any atom is 0.234 e. The third-order valence-corrected chi connectivity index (χ3v) is 6.45. The second-order valence-corrected chi connectivity index (χ2v) is 8.44. The van der Waals surface area contributed by atoms with Gasteiger partial charge >= 0.3 is 0 Å². The van der Waals surface area contributed by atoms with E-state index in [-0.39, 0.29) is 29.2 Å². The van der Waals surface area contributed by atoms with Crippen molar-refractivity contribution in [1.82, 2.24) is 15.1 Å². The molecular weight excluding hydrogens is 356 g/mol. The van der Waals surface area contributed by atoms with Crippen LogP contribution in [0.5, 0.6) is 0 Å². The standard InChI is InChI=1S/C21H28N4O3/c1-15(26)23-9-11-25(12-10-23)21(2)13-24(14-21)17-5-3-16(4-6-17)18-7-8-19(27)22-20(18)28/h3-6,18H,7-14H2,1-2H3,(H,22,27,28). The van der Waals surface area contributed by atoms with Gasteiger partial charge in [0.25, 0.3) is 0 Å². The minimum Gasteiger partial charge on any atom is -0.368 e. The van der Waals surface area contributed by atoms with Crippen molar-refractivity contribution >= 4 is 23.4 Å². The van der Waals surface area contributed by atoms with Gasteiger partial charge in [0.15, 0.2) is 0 Å². The Bertz CT molecular complexity index is 777. The van der Waals surface area contributed by atoms with Crippen molar-refractivity contribution in [3.05, 3.63) is 29.8 Å². The predicted molar refractivity (Wildman–Crippen MR) is 106 cm³/mol. The van der Waals surface area contributed by atoms with Gasteiger partial charge in [-0.3, -0.25) is 24.6 Å². The first-order valence-electron chi connectivity index (χ1n) is 10.0. The van der Waals surface area contributed by atoms with Gasteiger partial charge in [0.2, 0.25) is 17.7 Å². The normalized spacial score (nSPS) is 25.3. The van der Waals surface area contributed by atoms with E-state index in [2.05, 4.69) is 34.2 Å². The molecule has 0 spiro atoms. The highest BCUT2D eigenvalue weighted by Crippen LogP contribution is 2.34. The zero-order valence-corrected chi connectivity index (χ0v) is 16.6. The van der Waals surface area contributed by atoms with Gasteiger partial charge in [-0.15, -0.1) is 0 Å². The summed E-state index contributed by atoms with van der Waals surface area (Å²) in [7, 11) is 0. The third kappa shape index (κ3) is 3.51. The number of imide groups is 1. The van der Waals surface area contributed by atoms with Crippen LogP contribution < -0.4 is 10.2 Å². The molecule has 150 valence electrons. The summed E-state index contributed by atoms with van der Waals surface area (Å²) in [5.74, 6) is -0.436. The Morgan fingerprint density at radius 2 is 1.71 bits per heavy atom. The molecule has 4 rings (SSSR count). The van der Waals surface area contributed by atoms with Crippen molar-refractivity contribution in [3.63, 3.8) is 0 Å². The Balaban J connectivity index is 1.34. The molecule has 7 nitrogen and oxygen atoms in total. The average Bonchev–Trinajstić information content (AvgIpc) is 2.66. The molecule has 0 radical (unpaired) electrons. The fourth-order valence-electron chi connectivity index (χ4n) is 4.65. The fraction of sp³-hybridized carbons (Fsp3) is 0.571. The molecule has 1 atom stereocenters. The summed E-state index contributed by atoms with van der Waals surface area (Å²) in [5, 5.41) is 2.43. The number of amides is 3. The number of carbonyl (C=O) groups is 3. The van der Waals surface area contributed by atoms with E-state index in [1.54, 1.807) is 6.92 Å². The summed E-state index contributed by atoms with van der Waals surface area (Å²) < 4.78 is 0. The molecule has 0 aromatic heterocycles. The van der Waals surface area contributed by atoms with Crippen LogP contribution in [0.2, 0.25) is 0 Å². The van der Waals surface area contributed by atoms with Crippen LogP contribution in [0.4, 0.5) is 5.69 Å². The molecule has 0 saturated carbocycles. The number of nitrogens with zero attached hydrogens (tertiary/aromatic N) is 3. The van der Waals surface area contributed by atoms with Crippen LogP contribution in [-0.4, -0.2) is 72.3 Å². The highest BCUT2D eigenvalue weighted by molar-refractivity contribution is 6.00. The summed E-state index contributed by atoms with van der Waals surface area (Å²) >= 11 is 0. The molecule has 3 fully saturated rings. The largest absolute Gasteiger partial charge is 0.368 e. The Kier molecular flexibility index (Phi) is 4.87. The third-order valence-electron chi connectivity index (χ3n) is 6.45. The van der Waals surface area contributed by atoms with Gasteiger partial charge < -0.3 is 9.80 Å². The van der Waals surface area contributed by atoms with Gasteiger partial charge in [0, 0.05) is 58.3 Å². The number of hydrogen-bond acceptors (Lipinski definition) is 5. The van der Waals surface area contributed by atoms with E-state index >= 15 is 0 Å². The molecule has 1 aromatic carbocycles. The Morgan fingerprint density at radius 3 is 2.29 bits per heavy atom. The highest BCUT2D eigenvalue weighted by Gasteiger charge is 2.44. The monoisotopic (exact) mass is 384 g/mol. The Morgan fingerprint density at radius 1 is 1.07 bits per heavy atom. The van der Waals surface area contributed by atoms with E-state index in [9.17, 15) is 14.4 Å². The predicted octanol–water partition coefficient (Wildman–Crippen LogP) is 0.950. The van der Waals surface area contributed by atoms with E-state index in [4.69, 9.17) is 0 Å². The van der Waals surface area contributed by atoms with Crippen molar-refractivity contribution < 1.29 is 14.4 Å². The molecule has 3 aliphatic rings. The molecule has 3 aliphatic heterocycles. The molecule has 3 amide bonds. The van der Waals surface area contributed by atoms with E-state index in [0.717, 1.165) is 50.5 Å². The number of nitrogens with one attached hydrogen (secondary N) is 1. The van der Waals surface area contributed by atoms with Gasteiger partial charge in [-0.05, 0) is 31.0 Å². The van der Waals surface area contributed by atoms with Crippen molar-refractivity contribution in [3.8, 4) is 0 Å². The van der Waals surface area contributed by atoms with Gasteiger partial charge in [-0.2, -0.15) is 0 Å². The number of benzene rings is 1. The second-order valence-electron chi connectivity index (χ2n) is 8.44. The van der Waals surface area contributed by atoms with Crippen LogP contribution in [0.25, 0.3) is 0 Å². The van der Waals surface area contributed by atoms with Crippen molar-refractivity contribution in [2.45, 2.75) is 38.1 Å². The number of rotatable bonds is 3. The number of piperidine rings is 1. The zero-order chi connectivity index (χ0) is 19.9. The quantitative estimate of drug-likeness (QED) is 0.786. The van der Waals surface area contributed by atoms with Crippen LogP contribution in [0.15, 0.2) is 24.3 Å². The average molecular weight is 384 g/mol. The lowest BCUT2D eigenvalue weighted by Crippen LogP contribution is -2.71. The number of anilines is 1. The van der Waals surface area contributed by atoms with E-state index < -0.39 is 0 Å². The number of piperazine rings is 1. The lowest BCUT2D eigenvalue weighted by Gasteiger charge is -2.56. The summed E-state index contributed by atoms with van der Waals surface area (Å²) in [6.07, 6.45) is 0.984. The molecule has 0 bridgehead atoms. The van der Waals surface area contributed by atoms with Gasteiger partial charge in [0.1, 0.15) is 0 Å². The van der Waals surface area contributed by atoms with E-state index in [0.29, 0.717) is 12.8 Å². The lowest BCUT2D eigenvalue weighted by molar-refractivity contribution is -0.134. The molecule has 3 heterocycles. The van der Waals surface area contributed by atoms with Crippen LogP contribution in [0, 0.1) is 0 Å². The SMILES string of the molecule is CC(=O)N1CCN(C2(C)CN(c3ccc(C4CCC(=O)NC4=O)cc3)C2)CC1. The molecule has 3 saturated heterocycles. The summed E-state index contributed by atoms with van der Waals surface area (Å²) in [6.45, 7) is 9.34. The van der Waals surface area contributed by atoms with Gasteiger partial charge in [-0.25, -0.2) is 0 Å². The van der Waals surface area contributed by atoms with E-state index in [1.165, 1.54) is 0 Å². The zero-order valence-electron chi connectivity index (χ0n) is 16.6. The summed E-state index contributed by atoms with van der Waals surface area (Å²) in [4.78, 5) is 41.7. The smallest absolute Gasteiger partial charge is 0.234 e. The summed E-state index contributed by atoms with van der Waals surface area (Å²) in [6, 6.07) is 8.17. The highest BCUT2D eigenvalue weighted by atomic mass is 16.2. The fourth-order valence-corrected chi connectivity index (χ4v) is 4.65. The Hall–Kier alpha value is -2.41. The van der Waals surface area contributed by atoms with Crippen LogP contribution in [0.3, 0.4) is 0 Å². The molecule has 1 aromatic rings. The number of carbonyl (C=O) groups excluding carboxylic acids is 3. The van der Waals surface area contributed by atoms with Crippen molar-refractivity contribution in [2.24, 2.45) is 0 Å². The van der Waals surface area contributed by atoms with Crippen LogP contribution >= 0.6 is 0 Å². The van der Waals surface area contributed by atoms with Crippen LogP contribution in [0.1, 0.15) is 38.2 Å². The van der Waals surface area contributed by atoms with Crippen molar-refractivity contribution in [1.29, 1.82) is 0 Å². The molecule has 28 heavy (non-hydrogen) atoms. The van der Waals surface area contributed by atoms with Gasteiger partial charge in [-0.1, -0.05) is 12.1 Å². The Labute approximate surface area is 165 Å². The molecule has 0 aliphatic carbocycles.